The molecule has 108 valence electrons. The van der Waals surface area contributed by atoms with Crippen molar-refractivity contribution in [2.75, 3.05) is 13.1 Å². The molecule has 3 rings (SSSR count). The van der Waals surface area contributed by atoms with E-state index in [1.165, 1.54) is 57.8 Å². The molecule has 1 unspecified atom stereocenters. The molecule has 19 heavy (non-hydrogen) atoms. The molecular weight excluding hydrogens is 236 g/mol. The van der Waals surface area contributed by atoms with Crippen molar-refractivity contribution >= 4 is 5.91 Å². The van der Waals surface area contributed by atoms with Crippen LogP contribution in [0, 0.1) is 5.92 Å². The Morgan fingerprint density at radius 2 is 1.79 bits per heavy atom. The normalized spacial score (nSPS) is 29.8. The summed E-state index contributed by atoms with van der Waals surface area (Å²) in [6.07, 6.45) is 13.0. The fraction of sp³-hybridized carbons (Fsp3) is 0.938. The standard InChI is InChI=1S/C16H28N2O/c19-16-15(17-14-8-9-14)7-4-11-18(16)12-10-13-5-2-1-3-6-13/h13-15,17H,1-12H2. The van der Waals surface area contributed by atoms with Crippen molar-refractivity contribution < 1.29 is 4.79 Å². The zero-order valence-corrected chi connectivity index (χ0v) is 12.1. The van der Waals surface area contributed by atoms with Crippen LogP contribution >= 0.6 is 0 Å². The van der Waals surface area contributed by atoms with Crippen LogP contribution in [-0.2, 0) is 4.79 Å². The van der Waals surface area contributed by atoms with Crippen molar-refractivity contribution in [3.05, 3.63) is 0 Å². The first-order valence-corrected chi connectivity index (χ1v) is 8.38. The first kappa shape index (κ1) is 13.4. The van der Waals surface area contributed by atoms with Gasteiger partial charge < -0.3 is 10.2 Å². The Kier molecular flexibility index (Phi) is 4.42. The summed E-state index contributed by atoms with van der Waals surface area (Å²) in [5, 5.41) is 3.52. The quantitative estimate of drug-likeness (QED) is 0.828. The average Bonchev–Trinajstić information content (AvgIpc) is 3.25. The van der Waals surface area contributed by atoms with Gasteiger partial charge in [0.15, 0.2) is 0 Å². The van der Waals surface area contributed by atoms with E-state index in [-0.39, 0.29) is 6.04 Å². The number of piperidine rings is 1. The Morgan fingerprint density at radius 1 is 1.00 bits per heavy atom. The van der Waals surface area contributed by atoms with Gasteiger partial charge in [0.2, 0.25) is 5.91 Å². The van der Waals surface area contributed by atoms with E-state index in [1.54, 1.807) is 0 Å². The van der Waals surface area contributed by atoms with Crippen LogP contribution in [0.15, 0.2) is 0 Å². The molecule has 3 heteroatoms. The topological polar surface area (TPSA) is 32.3 Å². The van der Waals surface area contributed by atoms with Crippen LogP contribution in [0.25, 0.3) is 0 Å². The summed E-state index contributed by atoms with van der Waals surface area (Å²) in [7, 11) is 0. The fourth-order valence-electron chi connectivity index (χ4n) is 3.67. The maximum absolute atomic E-state index is 12.4. The van der Waals surface area contributed by atoms with E-state index in [1.807, 2.05) is 0 Å². The van der Waals surface area contributed by atoms with E-state index in [4.69, 9.17) is 0 Å². The van der Waals surface area contributed by atoms with Crippen molar-refractivity contribution in [2.45, 2.75) is 76.3 Å². The third-order valence-electron chi connectivity index (χ3n) is 5.08. The molecular formula is C16H28N2O. The van der Waals surface area contributed by atoms with E-state index in [0.717, 1.165) is 25.4 Å². The van der Waals surface area contributed by atoms with Gasteiger partial charge in [0.1, 0.15) is 0 Å². The van der Waals surface area contributed by atoms with Crippen LogP contribution in [0.3, 0.4) is 0 Å². The molecule has 1 aliphatic heterocycles. The Bertz CT molecular complexity index is 308. The summed E-state index contributed by atoms with van der Waals surface area (Å²) < 4.78 is 0. The van der Waals surface area contributed by atoms with Crippen LogP contribution in [0.4, 0.5) is 0 Å². The predicted molar refractivity (Wildman–Crippen MR) is 77.0 cm³/mol. The Hall–Kier alpha value is -0.570. The molecule has 0 bridgehead atoms. The molecule has 0 aromatic carbocycles. The van der Waals surface area contributed by atoms with Crippen molar-refractivity contribution in [1.82, 2.24) is 10.2 Å². The number of hydrogen-bond donors (Lipinski definition) is 1. The number of nitrogens with one attached hydrogen (secondary N) is 1. The van der Waals surface area contributed by atoms with Gasteiger partial charge in [0.25, 0.3) is 0 Å². The first-order valence-electron chi connectivity index (χ1n) is 8.38. The fourth-order valence-corrected chi connectivity index (χ4v) is 3.67. The molecule has 3 aliphatic rings. The Labute approximate surface area is 117 Å². The van der Waals surface area contributed by atoms with Crippen LogP contribution < -0.4 is 5.32 Å². The molecule has 3 fully saturated rings. The lowest BCUT2D eigenvalue weighted by atomic mass is 9.87. The van der Waals surface area contributed by atoms with E-state index in [2.05, 4.69) is 10.2 Å². The lowest BCUT2D eigenvalue weighted by Crippen LogP contribution is -2.51. The summed E-state index contributed by atoms with van der Waals surface area (Å²) in [6.45, 7) is 2.00. The second-order valence-electron chi connectivity index (χ2n) is 6.75. The molecule has 1 saturated heterocycles. The van der Waals surface area contributed by atoms with Crippen molar-refractivity contribution in [2.24, 2.45) is 5.92 Å². The summed E-state index contributed by atoms with van der Waals surface area (Å²) >= 11 is 0. The molecule has 0 aromatic rings. The minimum Gasteiger partial charge on any atom is -0.341 e. The maximum atomic E-state index is 12.4. The highest BCUT2D eigenvalue weighted by Crippen LogP contribution is 2.27. The number of amides is 1. The smallest absolute Gasteiger partial charge is 0.239 e. The molecule has 0 radical (unpaired) electrons. The molecule has 2 saturated carbocycles. The molecule has 2 aliphatic carbocycles. The zero-order valence-electron chi connectivity index (χ0n) is 12.1. The Balaban J connectivity index is 1.44. The van der Waals surface area contributed by atoms with Crippen LogP contribution in [-0.4, -0.2) is 36.0 Å². The van der Waals surface area contributed by atoms with Crippen molar-refractivity contribution in [3.63, 3.8) is 0 Å². The second-order valence-corrected chi connectivity index (χ2v) is 6.75. The number of carbonyl (C=O) groups is 1. The third kappa shape index (κ3) is 3.71. The highest BCUT2D eigenvalue weighted by Gasteiger charge is 2.33. The summed E-state index contributed by atoms with van der Waals surface area (Å²) in [5.41, 5.74) is 0. The molecule has 1 atom stereocenters. The van der Waals surface area contributed by atoms with Gasteiger partial charge in [-0.15, -0.1) is 0 Å². The lowest BCUT2D eigenvalue weighted by Gasteiger charge is -2.34. The van der Waals surface area contributed by atoms with Crippen LogP contribution in [0.5, 0.6) is 0 Å². The summed E-state index contributed by atoms with van der Waals surface area (Å²) in [4.78, 5) is 14.6. The van der Waals surface area contributed by atoms with Gasteiger partial charge >= 0.3 is 0 Å². The van der Waals surface area contributed by atoms with E-state index in [9.17, 15) is 4.79 Å². The van der Waals surface area contributed by atoms with E-state index < -0.39 is 0 Å². The van der Waals surface area contributed by atoms with Gasteiger partial charge in [-0.25, -0.2) is 0 Å². The second kappa shape index (κ2) is 6.25. The van der Waals surface area contributed by atoms with Crippen molar-refractivity contribution in [3.8, 4) is 0 Å². The number of hydrogen-bond acceptors (Lipinski definition) is 2. The molecule has 0 spiro atoms. The van der Waals surface area contributed by atoms with Gasteiger partial charge in [0.05, 0.1) is 6.04 Å². The molecule has 1 N–H and O–H groups in total. The molecule has 0 aromatic heterocycles. The first-order chi connectivity index (χ1) is 9.33. The van der Waals surface area contributed by atoms with Gasteiger partial charge in [-0.1, -0.05) is 32.1 Å². The van der Waals surface area contributed by atoms with E-state index in [0.29, 0.717) is 11.9 Å². The van der Waals surface area contributed by atoms with Gasteiger partial charge in [-0.3, -0.25) is 4.79 Å². The SMILES string of the molecule is O=C1C(NC2CC2)CCCN1CCC1CCCCC1. The minimum absolute atomic E-state index is 0.132. The molecule has 3 nitrogen and oxygen atoms in total. The highest BCUT2D eigenvalue weighted by atomic mass is 16.2. The largest absolute Gasteiger partial charge is 0.341 e. The third-order valence-corrected chi connectivity index (χ3v) is 5.08. The van der Waals surface area contributed by atoms with Gasteiger partial charge in [-0.05, 0) is 38.0 Å². The predicted octanol–water partition coefficient (Wildman–Crippen LogP) is 2.70. The number of rotatable bonds is 5. The number of carbonyl (C=O) groups excluding carboxylic acids is 1. The van der Waals surface area contributed by atoms with Crippen LogP contribution in [0.1, 0.15) is 64.2 Å². The highest BCUT2D eigenvalue weighted by molar-refractivity contribution is 5.82. The van der Waals surface area contributed by atoms with Gasteiger partial charge in [-0.2, -0.15) is 0 Å². The summed E-state index contributed by atoms with van der Waals surface area (Å²) in [5.74, 6) is 1.27. The zero-order chi connectivity index (χ0) is 13.1. The number of likely N-dealkylation sites (tertiary alicyclic amines) is 1. The van der Waals surface area contributed by atoms with Crippen LogP contribution in [0.2, 0.25) is 0 Å². The minimum atomic E-state index is 0.132. The number of nitrogens with zero attached hydrogens (tertiary/aromatic N) is 1. The average molecular weight is 264 g/mol. The van der Waals surface area contributed by atoms with E-state index >= 15 is 0 Å². The Morgan fingerprint density at radius 3 is 2.53 bits per heavy atom. The lowest BCUT2D eigenvalue weighted by molar-refractivity contribution is -0.136. The van der Waals surface area contributed by atoms with Gasteiger partial charge in [0, 0.05) is 19.1 Å². The maximum Gasteiger partial charge on any atom is 0.239 e. The summed E-state index contributed by atoms with van der Waals surface area (Å²) in [6, 6.07) is 0.778. The molecule has 1 amide bonds. The molecule has 1 heterocycles. The monoisotopic (exact) mass is 264 g/mol. The van der Waals surface area contributed by atoms with Crippen molar-refractivity contribution in [1.29, 1.82) is 0 Å².